The van der Waals surface area contributed by atoms with Crippen LogP contribution in [0, 0.1) is 12.3 Å². The van der Waals surface area contributed by atoms with E-state index in [9.17, 15) is 0 Å². The molecular weight excluding hydrogens is 290 g/mol. The molecule has 0 fully saturated rings. The van der Waals surface area contributed by atoms with E-state index in [4.69, 9.17) is 15.9 Å². The predicted octanol–water partition coefficient (Wildman–Crippen LogP) is 3.41. The summed E-state index contributed by atoms with van der Waals surface area (Å²) in [7, 11) is 0. The minimum atomic E-state index is -0.285. The summed E-state index contributed by atoms with van der Waals surface area (Å²) in [5.74, 6) is 2.59. The van der Waals surface area contributed by atoms with Crippen molar-refractivity contribution in [2.75, 3.05) is 13.2 Å². The molecule has 1 aromatic heterocycles. The van der Waals surface area contributed by atoms with Crippen LogP contribution in [-0.2, 0) is 15.9 Å². The monoisotopic (exact) mass is 321 g/mol. The lowest BCUT2D eigenvalue weighted by Crippen LogP contribution is -2.32. The van der Waals surface area contributed by atoms with Crippen LogP contribution in [0.1, 0.15) is 66.1 Å². The van der Waals surface area contributed by atoms with Gasteiger partial charge >= 0.3 is 0 Å². The summed E-state index contributed by atoms with van der Waals surface area (Å²) in [6.07, 6.45) is 9.42. The van der Waals surface area contributed by atoms with Gasteiger partial charge in [-0.05, 0) is 48.0 Å². The van der Waals surface area contributed by atoms with Gasteiger partial charge in [-0.1, -0.05) is 5.21 Å². The van der Waals surface area contributed by atoms with Crippen molar-refractivity contribution in [2.24, 2.45) is 0 Å². The van der Waals surface area contributed by atoms with Crippen molar-refractivity contribution in [3.8, 4) is 12.3 Å². The quantitative estimate of drug-likeness (QED) is 0.489. The highest BCUT2D eigenvalue weighted by atomic mass is 16.5. The van der Waals surface area contributed by atoms with Crippen molar-refractivity contribution in [1.82, 2.24) is 15.0 Å². The standard InChI is InChI=1S/C18H31N3O2/c1-8-9-11-22-17(4,5)10-12-23-18(6,7)13-16-14-21(15(2)3)20-19-16/h1,14-15H,9-13H2,2-7H3. The smallest absolute Gasteiger partial charge is 0.0855 e. The Kier molecular flexibility index (Phi) is 7.24. The molecule has 0 atom stereocenters. The van der Waals surface area contributed by atoms with E-state index in [1.165, 1.54) is 0 Å². The second kappa shape index (κ2) is 8.47. The molecule has 0 aliphatic heterocycles. The molecule has 0 radical (unpaired) electrons. The van der Waals surface area contributed by atoms with Gasteiger partial charge in [0.25, 0.3) is 0 Å². The molecule has 5 nitrogen and oxygen atoms in total. The van der Waals surface area contributed by atoms with Gasteiger partial charge in [0.15, 0.2) is 0 Å². The molecule has 0 aromatic carbocycles. The van der Waals surface area contributed by atoms with Crippen LogP contribution < -0.4 is 0 Å². The summed E-state index contributed by atoms with van der Waals surface area (Å²) in [4.78, 5) is 0. The van der Waals surface area contributed by atoms with Crippen LogP contribution in [0.4, 0.5) is 0 Å². The molecule has 0 unspecified atom stereocenters. The number of hydrogen-bond donors (Lipinski definition) is 0. The highest BCUT2D eigenvalue weighted by molar-refractivity contribution is 4.98. The number of terminal acetylenes is 1. The predicted molar refractivity (Wildman–Crippen MR) is 92.2 cm³/mol. The Labute approximate surface area is 140 Å². The van der Waals surface area contributed by atoms with Gasteiger partial charge in [0, 0.05) is 25.1 Å². The highest BCUT2D eigenvalue weighted by Gasteiger charge is 2.24. The fraction of sp³-hybridized carbons (Fsp3) is 0.778. The Hall–Kier alpha value is -1.38. The molecule has 0 saturated heterocycles. The van der Waals surface area contributed by atoms with Crippen LogP contribution >= 0.6 is 0 Å². The van der Waals surface area contributed by atoms with E-state index >= 15 is 0 Å². The third-order valence-electron chi connectivity index (χ3n) is 3.63. The van der Waals surface area contributed by atoms with Crippen LogP contribution in [0.5, 0.6) is 0 Å². The normalized spacial score (nSPS) is 12.6. The van der Waals surface area contributed by atoms with Gasteiger partial charge in [-0.3, -0.25) is 0 Å². The molecule has 1 aromatic rings. The first-order valence-electron chi connectivity index (χ1n) is 8.27. The Morgan fingerprint density at radius 1 is 1.17 bits per heavy atom. The second-order valence-corrected chi connectivity index (χ2v) is 7.38. The van der Waals surface area contributed by atoms with Gasteiger partial charge < -0.3 is 9.47 Å². The number of aromatic nitrogens is 3. The lowest BCUT2D eigenvalue weighted by atomic mass is 10.0. The van der Waals surface area contributed by atoms with E-state index in [0.29, 0.717) is 25.7 Å². The van der Waals surface area contributed by atoms with E-state index in [1.807, 2.05) is 10.9 Å². The zero-order valence-electron chi connectivity index (χ0n) is 15.4. The lowest BCUT2D eigenvalue weighted by Gasteiger charge is -2.29. The summed E-state index contributed by atoms with van der Waals surface area (Å²) < 4.78 is 13.7. The van der Waals surface area contributed by atoms with Crippen molar-refractivity contribution in [3.63, 3.8) is 0 Å². The maximum Gasteiger partial charge on any atom is 0.0855 e. The first-order chi connectivity index (χ1) is 10.7. The lowest BCUT2D eigenvalue weighted by molar-refractivity contribution is -0.0706. The van der Waals surface area contributed by atoms with E-state index in [2.05, 4.69) is 57.8 Å². The minimum Gasteiger partial charge on any atom is -0.375 e. The van der Waals surface area contributed by atoms with Crippen molar-refractivity contribution in [3.05, 3.63) is 11.9 Å². The third-order valence-corrected chi connectivity index (χ3v) is 3.63. The van der Waals surface area contributed by atoms with E-state index in [0.717, 1.165) is 18.5 Å². The molecule has 1 rings (SSSR count). The summed E-state index contributed by atoms with van der Waals surface area (Å²) in [5, 5.41) is 8.36. The molecule has 0 saturated carbocycles. The number of rotatable bonds is 10. The Morgan fingerprint density at radius 2 is 1.83 bits per heavy atom. The summed E-state index contributed by atoms with van der Waals surface area (Å²) in [6, 6.07) is 0.321. The van der Waals surface area contributed by atoms with E-state index in [-0.39, 0.29) is 11.2 Å². The Morgan fingerprint density at radius 3 is 2.39 bits per heavy atom. The van der Waals surface area contributed by atoms with Gasteiger partial charge in [0.1, 0.15) is 0 Å². The van der Waals surface area contributed by atoms with Gasteiger partial charge in [-0.15, -0.1) is 17.4 Å². The molecular formula is C18H31N3O2. The van der Waals surface area contributed by atoms with Crippen LogP contribution in [0.25, 0.3) is 0 Å². The maximum atomic E-state index is 6.05. The molecule has 0 amide bonds. The summed E-state index contributed by atoms with van der Waals surface area (Å²) >= 11 is 0. The first-order valence-corrected chi connectivity index (χ1v) is 8.27. The van der Waals surface area contributed by atoms with Crippen LogP contribution in [0.15, 0.2) is 6.20 Å². The molecule has 0 spiro atoms. The zero-order chi connectivity index (χ0) is 17.5. The molecule has 0 aliphatic rings. The van der Waals surface area contributed by atoms with E-state index in [1.54, 1.807) is 0 Å². The fourth-order valence-electron chi connectivity index (χ4n) is 2.17. The molecule has 5 heteroatoms. The van der Waals surface area contributed by atoms with Crippen LogP contribution in [-0.4, -0.2) is 39.4 Å². The fourth-order valence-corrected chi connectivity index (χ4v) is 2.17. The zero-order valence-corrected chi connectivity index (χ0v) is 15.4. The number of hydrogen-bond acceptors (Lipinski definition) is 4. The van der Waals surface area contributed by atoms with Gasteiger partial charge in [-0.25, -0.2) is 4.68 Å². The van der Waals surface area contributed by atoms with Crippen LogP contribution in [0.3, 0.4) is 0 Å². The molecule has 23 heavy (non-hydrogen) atoms. The molecule has 1 heterocycles. The average molecular weight is 321 g/mol. The van der Waals surface area contributed by atoms with Crippen molar-refractivity contribution in [2.45, 2.75) is 78.0 Å². The number of ether oxygens (including phenoxy) is 2. The summed E-state index contributed by atoms with van der Waals surface area (Å²) in [6.45, 7) is 13.7. The highest BCUT2D eigenvalue weighted by Crippen LogP contribution is 2.20. The largest absolute Gasteiger partial charge is 0.375 e. The SMILES string of the molecule is C#CCCOC(C)(C)CCOC(C)(C)Cc1cn(C(C)C)nn1. The molecule has 0 bridgehead atoms. The molecule has 0 aliphatic carbocycles. The van der Waals surface area contributed by atoms with Gasteiger partial charge in [-0.2, -0.15) is 0 Å². The Bertz CT molecular complexity index is 513. The maximum absolute atomic E-state index is 6.05. The average Bonchev–Trinajstić information content (AvgIpc) is 2.86. The second-order valence-electron chi connectivity index (χ2n) is 7.38. The topological polar surface area (TPSA) is 49.2 Å². The van der Waals surface area contributed by atoms with Crippen molar-refractivity contribution < 1.29 is 9.47 Å². The van der Waals surface area contributed by atoms with Crippen molar-refractivity contribution in [1.29, 1.82) is 0 Å². The third kappa shape index (κ3) is 7.62. The van der Waals surface area contributed by atoms with Crippen molar-refractivity contribution >= 4 is 0 Å². The van der Waals surface area contributed by atoms with Crippen LogP contribution in [0.2, 0.25) is 0 Å². The number of nitrogens with zero attached hydrogens (tertiary/aromatic N) is 3. The molecule has 0 N–H and O–H groups in total. The van der Waals surface area contributed by atoms with E-state index < -0.39 is 0 Å². The Balaban J connectivity index is 2.41. The summed E-state index contributed by atoms with van der Waals surface area (Å²) in [5.41, 5.74) is 0.439. The first kappa shape index (κ1) is 19.7. The van der Waals surface area contributed by atoms with Gasteiger partial charge in [0.05, 0.1) is 30.1 Å². The molecule has 130 valence electrons. The van der Waals surface area contributed by atoms with Gasteiger partial charge in [0.2, 0.25) is 0 Å². The minimum absolute atomic E-state index is 0.228.